The monoisotopic (exact) mass is 301 g/mol. The van der Waals surface area contributed by atoms with Gasteiger partial charge in [0.15, 0.2) is 0 Å². The third-order valence-corrected chi connectivity index (χ3v) is 3.19. The zero-order chi connectivity index (χ0) is 15.6. The first-order valence-corrected chi connectivity index (χ1v) is 6.42. The Labute approximate surface area is 119 Å². The van der Waals surface area contributed by atoms with Gasteiger partial charge in [-0.2, -0.15) is 18.3 Å². The van der Waals surface area contributed by atoms with Gasteiger partial charge in [-0.05, 0) is 36.4 Å². The van der Waals surface area contributed by atoms with Crippen molar-refractivity contribution in [2.24, 2.45) is 7.05 Å². The first kappa shape index (κ1) is 15.5. The molecule has 0 aliphatic carbocycles. The van der Waals surface area contributed by atoms with Gasteiger partial charge in [0.1, 0.15) is 5.82 Å². The summed E-state index contributed by atoms with van der Waals surface area (Å²) in [6.45, 7) is 2.21. The van der Waals surface area contributed by atoms with E-state index in [0.717, 1.165) is 18.2 Å². The minimum absolute atomic E-state index is 0.145. The first-order valence-electron chi connectivity index (χ1n) is 6.42. The second-order valence-corrected chi connectivity index (χ2v) is 4.60. The van der Waals surface area contributed by atoms with Crippen molar-refractivity contribution < 1.29 is 17.6 Å². The number of aromatic nitrogens is 2. The van der Waals surface area contributed by atoms with Crippen molar-refractivity contribution in [3.63, 3.8) is 0 Å². The molecule has 1 N–H and O–H groups in total. The van der Waals surface area contributed by atoms with E-state index in [1.807, 2.05) is 0 Å². The number of hydrogen-bond acceptors (Lipinski definition) is 2. The van der Waals surface area contributed by atoms with Crippen LogP contribution in [0.4, 0.5) is 17.6 Å². The molecule has 0 bridgehead atoms. The molecule has 1 unspecified atom stereocenters. The summed E-state index contributed by atoms with van der Waals surface area (Å²) in [6.07, 6.45) is -3.05. The molecule has 1 heterocycles. The topological polar surface area (TPSA) is 29.9 Å². The fraction of sp³-hybridized carbons (Fsp3) is 0.357. The van der Waals surface area contributed by atoms with Gasteiger partial charge in [-0.15, -0.1) is 0 Å². The standard InChI is InChI=1S/C14H15F4N3/c1-3-19-13(12-6-7-20-21(12)2)10-8-9(15)4-5-11(10)14(16,17)18/h4-8,13,19H,3H2,1-2H3. The van der Waals surface area contributed by atoms with Crippen molar-refractivity contribution in [1.82, 2.24) is 15.1 Å². The highest BCUT2D eigenvalue weighted by molar-refractivity contribution is 5.37. The lowest BCUT2D eigenvalue weighted by Crippen LogP contribution is -2.27. The fourth-order valence-electron chi connectivity index (χ4n) is 2.28. The second kappa shape index (κ2) is 5.85. The number of halogens is 4. The number of alkyl halides is 3. The predicted octanol–water partition coefficient (Wildman–Crippen LogP) is 3.28. The highest BCUT2D eigenvalue weighted by Crippen LogP contribution is 2.36. The zero-order valence-corrected chi connectivity index (χ0v) is 11.6. The van der Waals surface area contributed by atoms with Crippen molar-refractivity contribution in [2.75, 3.05) is 6.54 Å². The number of hydrogen-bond donors (Lipinski definition) is 1. The first-order chi connectivity index (χ1) is 9.84. The van der Waals surface area contributed by atoms with Crippen molar-refractivity contribution in [3.05, 3.63) is 53.1 Å². The van der Waals surface area contributed by atoms with Crippen LogP contribution < -0.4 is 5.32 Å². The molecule has 0 amide bonds. The lowest BCUT2D eigenvalue weighted by Gasteiger charge is -2.22. The Balaban J connectivity index is 2.60. The molecule has 1 aromatic carbocycles. The molecule has 114 valence electrons. The third kappa shape index (κ3) is 3.24. The number of benzene rings is 1. The molecule has 0 saturated heterocycles. The van der Waals surface area contributed by atoms with E-state index in [1.54, 1.807) is 20.0 Å². The van der Waals surface area contributed by atoms with Gasteiger partial charge in [0.2, 0.25) is 0 Å². The maximum absolute atomic E-state index is 13.5. The number of nitrogens with zero attached hydrogens (tertiary/aromatic N) is 2. The van der Waals surface area contributed by atoms with Crippen LogP contribution in [0.5, 0.6) is 0 Å². The predicted molar refractivity (Wildman–Crippen MR) is 70.1 cm³/mol. The summed E-state index contributed by atoms with van der Waals surface area (Å²) in [4.78, 5) is 0. The van der Waals surface area contributed by atoms with Crippen LogP contribution in [0.25, 0.3) is 0 Å². The van der Waals surface area contributed by atoms with Crippen LogP contribution in [0, 0.1) is 5.82 Å². The van der Waals surface area contributed by atoms with Crippen LogP contribution in [0.1, 0.15) is 29.8 Å². The summed E-state index contributed by atoms with van der Waals surface area (Å²) in [7, 11) is 1.63. The van der Waals surface area contributed by atoms with E-state index in [0.29, 0.717) is 12.2 Å². The SMILES string of the molecule is CCNC(c1cc(F)ccc1C(F)(F)F)c1ccnn1C. The van der Waals surface area contributed by atoms with Crippen LogP contribution in [-0.2, 0) is 13.2 Å². The maximum atomic E-state index is 13.5. The molecule has 2 aromatic rings. The molecular formula is C14H15F4N3. The summed E-state index contributed by atoms with van der Waals surface area (Å²) in [5, 5.41) is 6.92. The Hall–Kier alpha value is -1.89. The Bertz CT molecular complexity index is 619. The van der Waals surface area contributed by atoms with E-state index in [1.165, 1.54) is 10.9 Å². The third-order valence-electron chi connectivity index (χ3n) is 3.19. The Morgan fingerprint density at radius 1 is 1.29 bits per heavy atom. The molecule has 0 radical (unpaired) electrons. The molecule has 0 saturated carbocycles. The minimum Gasteiger partial charge on any atom is -0.305 e. The Morgan fingerprint density at radius 2 is 2.00 bits per heavy atom. The molecule has 0 aliphatic heterocycles. The van der Waals surface area contributed by atoms with Crippen molar-refractivity contribution in [1.29, 1.82) is 0 Å². The largest absolute Gasteiger partial charge is 0.416 e. The van der Waals surface area contributed by atoms with Crippen molar-refractivity contribution in [2.45, 2.75) is 19.1 Å². The Morgan fingerprint density at radius 3 is 2.52 bits per heavy atom. The van der Waals surface area contributed by atoms with Gasteiger partial charge in [0.25, 0.3) is 0 Å². The highest BCUT2D eigenvalue weighted by Gasteiger charge is 2.36. The highest BCUT2D eigenvalue weighted by atomic mass is 19.4. The summed E-state index contributed by atoms with van der Waals surface area (Å²) < 4.78 is 54.4. The molecule has 7 heteroatoms. The van der Waals surface area contributed by atoms with E-state index in [9.17, 15) is 17.6 Å². The van der Waals surface area contributed by atoms with Gasteiger partial charge in [0, 0.05) is 13.2 Å². The van der Waals surface area contributed by atoms with E-state index in [2.05, 4.69) is 10.4 Å². The number of nitrogens with one attached hydrogen (secondary N) is 1. The summed E-state index contributed by atoms with van der Waals surface area (Å²) in [6, 6.07) is 3.33. The minimum atomic E-state index is -4.55. The smallest absolute Gasteiger partial charge is 0.305 e. The van der Waals surface area contributed by atoms with Gasteiger partial charge in [-0.1, -0.05) is 6.92 Å². The van der Waals surface area contributed by atoms with Gasteiger partial charge in [0.05, 0.1) is 17.3 Å². The van der Waals surface area contributed by atoms with E-state index < -0.39 is 23.6 Å². The summed E-state index contributed by atoms with van der Waals surface area (Å²) in [5.41, 5.74) is -0.461. The molecule has 1 aromatic heterocycles. The van der Waals surface area contributed by atoms with Gasteiger partial charge in [-0.3, -0.25) is 4.68 Å². The molecule has 2 rings (SSSR count). The average molecular weight is 301 g/mol. The fourth-order valence-corrected chi connectivity index (χ4v) is 2.28. The molecule has 3 nitrogen and oxygen atoms in total. The van der Waals surface area contributed by atoms with Gasteiger partial charge < -0.3 is 5.32 Å². The zero-order valence-electron chi connectivity index (χ0n) is 11.6. The summed E-state index contributed by atoms with van der Waals surface area (Å²) >= 11 is 0. The molecule has 0 fully saturated rings. The molecule has 0 spiro atoms. The van der Waals surface area contributed by atoms with E-state index in [4.69, 9.17) is 0 Å². The van der Waals surface area contributed by atoms with E-state index >= 15 is 0 Å². The van der Waals surface area contributed by atoms with Crippen LogP contribution in [-0.4, -0.2) is 16.3 Å². The van der Waals surface area contributed by atoms with Gasteiger partial charge in [-0.25, -0.2) is 4.39 Å². The van der Waals surface area contributed by atoms with Gasteiger partial charge >= 0.3 is 6.18 Å². The Kier molecular flexibility index (Phi) is 4.32. The van der Waals surface area contributed by atoms with Crippen molar-refractivity contribution >= 4 is 0 Å². The second-order valence-electron chi connectivity index (χ2n) is 4.60. The van der Waals surface area contributed by atoms with E-state index in [-0.39, 0.29) is 5.56 Å². The molecule has 21 heavy (non-hydrogen) atoms. The van der Waals surface area contributed by atoms with Crippen LogP contribution in [0.3, 0.4) is 0 Å². The lowest BCUT2D eigenvalue weighted by molar-refractivity contribution is -0.138. The molecular weight excluding hydrogens is 286 g/mol. The molecule has 0 aliphatic rings. The average Bonchev–Trinajstić information content (AvgIpc) is 2.80. The van der Waals surface area contributed by atoms with Crippen LogP contribution in [0.15, 0.2) is 30.5 Å². The normalized spacial score (nSPS) is 13.4. The quantitative estimate of drug-likeness (QED) is 0.878. The van der Waals surface area contributed by atoms with Crippen LogP contribution >= 0.6 is 0 Å². The number of rotatable bonds is 4. The number of aryl methyl sites for hydroxylation is 1. The molecule has 1 atom stereocenters. The lowest BCUT2D eigenvalue weighted by atomic mass is 9.97. The van der Waals surface area contributed by atoms with Crippen LogP contribution in [0.2, 0.25) is 0 Å². The maximum Gasteiger partial charge on any atom is 0.416 e. The summed E-state index contributed by atoms with van der Waals surface area (Å²) in [5.74, 6) is -0.705. The van der Waals surface area contributed by atoms with Crippen molar-refractivity contribution in [3.8, 4) is 0 Å².